The summed E-state index contributed by atoms with van der Waals surface area (Å²) in [7, 11) is 0. The van der Waals surface area contributed by atoms with Crippen LogP contribution >= 0.6 is 0 Å². The van der Waals surface area contributed by atoms with E-state index in [-0.39, 0.29) is 17.9 Å². The summed E-state index contributed by atoms with van der Waals surface area (Å²) in [5.41, 5.74) is 1.72. The number of aliphatic carboxylic acids is 1. The van der Waals surface area contributed by atoms with Crippen LogP contribution in [-0.2, 0) is 9.59 Å². The summed E-state index contributed by atoms with van der Waals surface area (Å²) in [6, 6.07) is 7.48. The first-order valence-corrected chi connectivity index (χ1v) is 5.71. The van der Waals surface area contributed by atoms with Gasteiger partial charge in [-0.15, -0.1) is 0 Å². The molecule has 0 aliphatic heterocycles. The summed E-state index contributed by atoms with van der Waals surface area (Å²) >= 11 is 0. The zero-order valence-electron chi connectivity index (χ0n) is 10.6. The van der Waals surface area contributed by atoms with Gasteiger partial charge in [-0.05, 0) is 23.6 Å². The van der Waals surface area contributed by atoms with Crippen molar-refractivity contribution in [1.82, 2.24) is 0 Å². The highest BCUT2D eigenvalue weighted by atomic mass is 16.4. The van der Waals surface area contributed by atoms with Crippen LogP contribution < -0.4 is 5.32 Å². The van der Waals surface area contributed by atoms with Gasteiger partial charge in [-0.3, -0.25) is 4.79 Å². The number of hydrogen-bond donors (Lipinski definition) is 2. The van der Waals surface area contributed by atoms with E-state index in [1.807, 2.05) is 12.1 Å². The van der Waals surface area contributed by atoms with Gasteiger partial charge in [0.15, 0.2) is 0 Å². The van der Waals surface area contributed by atoms with E-state index in [0.29, 0.717) is 11.6 Å². The molecule has 0 saturated heterocycles. The number of carbonyl (C=O) groups excluding carboxylic acids is 1. The third kappa shape index (κ3) is 4.05. The van der Waals surface area contributed by atoms with Crippen LogP contribution in [0.4, 0.5) is 5.69 Å². The third-order valence-corrected chi connectivity index (χ3v) is 2.54. The lowest BCUT2D eigenvalue weighted by Gasteiger charge is -2.08. The molecule has 1 rings (SSSR count). The Morgan fingerprint density at radius 3 is 2.28 bits per heavy atom. The Bertz CT molecular complexity index is 460. The fourth-order valence-electron chi connectivity index (χ4n) is 1.43. The molecule has 0 unspecified atom stereocenters. The predicted octanol–water partition coefficient (Wildman–Crippen LogP) is 2.78. The van der Waals surface area contributed by atoms with Gasteiger partial charge in [-0.2, -0.15) is 0 Å². The molecule has 4 heteroatoms. The normalized spacial score (nSPS) is 10.2. The van der Waals surface area contributed by atoms with Crippen molar-refractivity contribution >= 4 is 17.6 Å². The number of amides is 1. The summed E-state index contributed by atoms with van der Waals surface area (Å²) in [5, 5.41) is 11.2. The van der Waals surface area contributed by atoms with Crippen LogP contribution in [0.25, 0.3) is 0 Å². The van der Waals surface area contributed by atoms with Gasteiger partial charge in [0.25, 0.3) is 0 Å². The van der Waals surface area contributed by atoms with Crippen LogP contribution in [0.3, 0.4) is 0 Å². The molecule has 0 atom stereocenters. The van der Waals surface area contributed by atoms with Crippen molar-refractivity contribution < 1.29 is 14.7 Å². The van der Waals surface area contributed by atoms with Crippen LogP contribution in [0, 0.1) is 0 Å². The van der Waals surface area contributed by atoms with Crippen molar-refractivity contribution in [1.29, 1.82) is 0 Å². The minimum absolute atomic E-state index is 0.119. The highest BCUT2D eigenvalue weighted by Gasteiger charge is 2.10. The summed E-state index contributed by atoms with van der Waals surface area (Å²) in [4.78, 5) is 22.0. The van der Waals surface area contributed by atoms with E-state index in [4.69, 9.17) is 5.11 Å². The van der Waals surface area contributed by atoms with Gasteiger partial charge < -0.3 is 10.4 Å². The summed E-state index contributed by atoms with van der Waals surface area (Å²) in [5.74, 6) is -1.10. The third-order valence-electron chi connectivity index (χ3n) is 2.54. The van der Waals surface area contributed by atoms with E-state index in [0.717, 1.165) is 0 Å². The summed E-state index contributed by atoms with van der Waals surface area (Å²) < 4.78 is 0. The Kier molecular flexibility index (Phi) is 4.66. The molecule has 0 heterocycles. The molecule has 96 valence electrons. The zero-order valence-corrected chi connectivity index (χ0v) is 10.6. The number of carboxylic acid groups (broad SMARTS) is 1. The van der Waals surface area contributed by atoms with Gasteiger partial charge in [0.05, 0.1) is 6.42 Å². The minimum atomic E-state index is -1.15. The standard InChI is InChI=1S/C14H17NO3/c1-9(2)11-4-6-12(7-5-11)15-13(16)8-10(3)14(17)18/h4-7,9H,3,8H2,1-2H3,(H,15,16)(H,17,18). The molecule has 1 aromatic carbocycles. The number of anilines is 1. The van der Waals surface area contributed by atoms with Crippen molar-refractivity contribution in [3.8, 4) is 0 Å². The predicted molar refractivity (Wildman–Crippen MR) is 70.6 cm³/mol. The van der Waals surface area contributed by atoms with Crippen LogP contribution in [0.5, 0.6) is 0 Å². The van der Waals surface area contributed by atoms with E-state index in [1.165, 1.54) is 5.56 Å². The number of nitrogens with one attached hydrogen (secondary N) is 1. The molecular weight excluding hydrogens is 230 g/mol. The molecular formula is C14H17NO3. The Labute approximate surface area is 106 Å². The van der Waals surface area contributed by atoms with Gasteiger partial charge in [0.1, 0.15) is 0 Å². The SMILES string of the molecule is C=C(CC(=O)Nc1ccc(C(C)C)cc1)C(=O)O. The second-order valence-electron chi connectivity index (χ2n) is 4.41. The molecule has 0 spiro atoms. The maximum Gasteiger partial charge on any atom is 0.331 e. The fraction of sp³-hybridized carbons (Fsp3) is 0.286. The van der Waals surface area contributed by atoms with Gasteiger partial charge in [0, 0.05) is 11.3 Å². The first-order chi connectivity index (χ1) is 8.40. The molecule has 0 bridgehead atoms. The minimum Gasteiger partial charge on any atom is -0.478 e. The number of carbonyl (C=O) groups is 2. The molecule has 0 fully saturated rings. The lowest BCUT2D eigenvalue weighted by atomic mass is 10.0. The summed E-state index contributed by atoms with van der Waals surface area (Å²) in [6.45, 7) is 7.49. The lowest BCUT2D eigenvalue weighted by molar-refractivity contribution is -0.133. The molecule has 1 amide bonds. The quantitative estimate of drug-likeness (QED) is 0.786. The number of hydrogen-bond acceptors (Lipinski definition) is 2. The maximum atomic E-state index is 11.5. The van der Waals surface area contributed by atoms with Gasteiger partial charge in [-0.25, -0.2) is 4.79 Å². The molecule has 0 saturated carbocycles. The first-order valence-electron chi connectivity index (χ1n) is 5.71. The van der Waals surface area contributed by atoms with E-state index in [9.17, 15) is 9.59 Å². The van der Waals surface area contributed by atoms with Crippen LogP contribution in [-0.4, -0.2) is 17.0 Å². The second kappa shape index (κ2) is 6.00. The van der Waals surface area contributed by atoms with Crippen molar-refractivity contribution in [2.24, 2.45) is 0 Å². The second-order valence-corrected chi connectivity index (χ2v) is 4.41. The van der Waals surface area contributed by atoms with Crippen molar-refractivity contribution in [2.45, 2.75) is 26.2 Å². The average Bonchev–Trinajstić information content (AvgIpc) is 2.29. The topological polar surface area (TPSA) is 66.4 Å². The molecule has 18 heavy (non-hydrogen) atoms. The number of rotatable bonds is 5. The smallest absolute Gasteiger partial charge is 0.331 e. The molecule has 0 aliphatic rings. The van der Waals surface area contributed by atoms with Crippen molar-refractivity contribution in [3.05, 3.63) is 42.0 Å². The zero-order chi connectivity index (χ0) is 13.7. The molecule has 4 nitrogen and oxygen atoms in total. The monoisotopic (exact) mass is 247 g/mol. The molecule has 0 radical (unpaired) electrons. The van der Waals surface area contributed by atoms with E-state index < -0.39 is 5.97 Å². The van der Waals surface area contributed by atoms with Crippen LogP contribution in [0.15, 0.2) is 36.4 Å². The molecule has 0 aliphatic carbocycles. The van der Waals surface area contributed by atoms with Gasteiger partial charge in [0.2, 0.25) is 5.91 Å². The van der Waals surface area contributed by atoms with E-state index in [1.54, 1.807) is 12.1 Å². The Morgan fingerprint density at radius 1 is 1.28 bits per heavy atom. The maximum absolute atomic E-state index is 11.5. The molecule has 1 aromatic rings. The van der Waals surface area contributed by atoms with Crippen LogP contribution in [0.1, 0.15) is 31.7 Å². The fourth-order valence-corrected chi connectivity index (χ4v) is 1.43. The van der Waals surface area contributed by atoms with E-state index >= 15 is 0 Å². The Morgan fingerprint density at radius 2 is 1.83 bits per heavy atom. The summed E-state index contributed by atoms with van der Waals surface area (Å²) in [6.07, 6.45) is -0.207. The lowest BCUT2D eigenvalue weighted by Crippen LogP contribution is -2.14. The van der Waals surface area contributed by atoms with Gasteiger partial charge >= 0.3 is 5.97 Å². The average molecular weight is 247 g/mol. The number of carboxylic acids is 1. The Hall–Kier alpha value is -2.10. The van der Waals surface area contributed by atoms with Crippen molar-refractivity contribution in [3.63, 3.8) is 0 Å². The van der Waals surface area contributed by atoms with Crippen LogP contribution in [0.2, 0.25) is 0 Å². The van der Waals surface area contributed by atoms with Gasteiger partial charge in [-0.1, -0.05) is 32.6 Å². The number of benzene rings is 1. The van der Waals surface area contributed by atoms with E-state index in [2.05, 4.69) is 25.7 Å². The largest absolute Gasteiger partial charge is 0.478 e. The Balaban J connectivity index is 2.60. The molecule has 2 N–H and O–H groups in total. The first kappa shape index (κ1) is 14.0. The highest BCUT2D eigenvalue weighted by Crippen LogP contribution is 2.17. The molecule has 0 aromatic heterocycles. The van der Waals surface area contributed by atoms with Crippen molar-refractivity contribution in [2.75, 3.05) is 5.32 Å². The highest BCUT2D eigenvalue weighted by molar-refractivity contribution is 5.99.